The summed E-state index contributed by atoms with van der Waals surface area (Å²) in [6.07, 6.45) is 3.52. The third-order valence-electron chi connectivity index (χ3n) is 2.00. The van der Waals surface area contributed by atoms with Crippen molar-refractivity contribution in [3.63, 3.8) is 0 Å². The van der Waals surface area contributed by atoms with E-state index < -0.39 is 0 Å². The molecule has 0 unspecified atom stereocenters. The topological polar surface area (TPSA) is 17.1 Å². The van der Waals surface area contributed by atoms with Crippen LogP contribution in [0.4, 0.5) is 0 Å². The van der Waals surface area contributed by atoms with E-state index in [4.69, 9.17) is 0 Å². The van der Waals surface area contributed by atoms with Crippen molar-refractivity contribution in [3.8, 4) is 0 Å². The van der Waals surface area contributed by atoms with E-state index in [1.54, 1.807) is 0 Å². The molecular weight excluding hydrogens is 228 g/mol. The van der Waals surface area contributed by atoms with Crippen LogP contribution in [0.3, 0.4) is 0 Å². The number of rotatable bonds is 4. The van der Waals surface area contributed by atoms with E-state index in [0.29, 0.717) is 0 Å². The Hall–Kier alpha value is -0.630. The molecule has 0 spiro atoms. The highest BCUT2D eigenvalue weighted by molar-refractivity contribution is 9.18. The van der Waals surface area contributed by atoms with Gasteiger partial charge in [-0.3, -0.25) is 4.79 Å². The third kappa shape index (κ3) is 3.31. The minimum absolute atomic E-state index is 0.0467. The summed E-state index contributed by atoms with van der Waals surface area (Å²) in [6.45, 7) is 2.18. The molecule has 0 N–H and O–H groups in total. The Morgan fingerprint density at radius 1 is 1.31 bits per heavy atom. The smallest absolute Gasteiger partial charge is 0.228 e. The minimum Gasteiger partial charge on any atom is -0.281 e. The summed E-state index contributed by atoms with van der Waals surface area (Å²) in [6, 6.07) is 7.76. The summed E-state index contributed by atoms with van der Waals surface area (Å²) in [7, 11) is 0. The maximum absolute atomic E-state index is 10.9. The van der Waals surface area contributed by atoms with Gasteiger partial charge in [0.1, 0.15) is 0 Å². The summed E-state index contributed by atoms with van der Waals surface area (Å²) in [5, 5.41) is 0. The molecule has 0 aliphatic heterocycles. The van der Waals surface area contributed by atoms with Crippen LogP contribution >= 0.6 is 15.9 Å². The van der Waals surface area contributed by atoms with Gasteiger partial charge in [0.2, 0.25) is 4.69 Å². The number of aryl methyl sites for hydroxylation is 1. The lowest BCUT2D eigenvalue weighted by Gasteiger charge is -1.99. The summed E-state index contributed by atoms with van der Waals surface area (Å²) in [5.41, 5.74) is 2.03. The van der Waals surface area contributed by atoms with Crippen molar-refractivity contribution < 1.29 is 4.79 Å². The summed E-state index contributed by atoms with van der Waals surface area (Å²) in [5.74, 6) is 0. The van der Waals surface area contributed by atoms with Gasteiger partial charge in [0.05, 0.1) is 0 Å². The molecule has 0 aliphatic rings. The highest BCUT2D eigenvalue weighted by Crippen LogP contribution is 2.10. The van der Waals surface area contributed by atoms with Crippen LogP contribution in [0, 0.1) is 0 Å². The maximum atomic E-state index is 10.9. The fraction of sp³-hybridized carbons (Fsp3) is 0.364. The van der Waals surface area contributed by atoms with Crippen LogP contribution in [0.25, 0.3) is 0 Å². The second-order valence-corrected chi connectivity index (χ2v) is 3.79. The number of halogens is 1. The molecule has 0 radical (unpaired) electrons. The van der Waals surface area contributed by atoms with E-state index >= 15 is 0 Å². The zero-order chi connectivity index (χ0) is 9.68. The monoisotopic (exact) mass is 240 g/mol. The van der Waals surface area contributed by atoms with E-state index in [9.17, 15) is 4.79 Å². The van der Waals surface area contributed by atoms with Gasteiger partial charge >= 0.3 is 0 Å². The predicted molar refractivity (Wildman–Crippen MR) is 58.3 cm³/mol. The van der Waals surface area contributed by atoms with Gasteiger partial charge < -0.3 is 0 Å². The van der Waals surface area contributed by atoms with Crippen LogP contribution in [0.5, 0.6) is 0 Å². The fourth-order valence-corrected chi connectivity index (χ4v) is 1.45. The molecule has 0 heterocycles. The zero-order valence-electron chi connectivity index (χ0n) is 7.72. The Bertz CT molecular complexity index is 277. The van der Waals surface area contributed by atoms with E-state index in [1.165, 1.54) is 18.4 Å². The minimum atomic E-state index is -0.0467. The van der Waals surface area contributed by atoms with Gasteiger partial charge in [-0.1, -0.05) is 37.6 Å². The van der Waals surface area contributed by atoms with Gasteiger partial charge in [0, 0.05) is 5.56 Å². The number of carbonyl (C=O) groups is 1. The Morgan fingerprint density at radius 3 is 2.38 bits per heavy atom. The summed E-state index contributed by atoms with van der Waals surface area (Å²) in [4.78, 5) is 10.9. The van der Waals surface area contributed by atoms with E-state index in [-0.39, 0.29) is 4.69 Å². The van der Waals surface area contributed by atoms with Gasteiger partial charge in [-0.15, -0.1) is 0 Å². The standard InChI is InChI=1S/C11H13BrO/c1-2-3-4-9-5-7-10(8-6-9)11(12)13/h5-8H,2-4H2,1H3. The lowest BCUT2D eigenvalue weighted by atomic mass is 10.1. The van der Waals surface area contributed by atoms with Crippen LogP contribution in [0.2, 0.25) is 0 Å². The van der Waals surface area contributed by atoms with E-state index in [0.717, 1.165) is 12.0 Å². The average molecular weight is 241 g/mol. The molecule has 0 saturated heterocycles. The normalized spacial score (nSPS) is 10.0. The van der Waals surface area contributed by atoms with Crippen molar-refractivity contribution in [3.05, 3.63) is 35.4 Å². The van der Waals surface area contributed by atoms with Gasteiger partial charge in [0.25, 0.3) is 0 Å². The molecule has 70 valence electrons. The Kier molecular flexibility index (Phi) is 4.16. The molecule has 1 aromatic carbocycles. The predicted octanol–water partition coefficient (Wildman–Crippen LogP) is 3.56. The Morgan fingerprint density at radius 2 is 1.92 bits per heavy atom. The average Bonchev–Trinajstić information content (AvgIpc) is 2.15. The molecule has 0 aliphatic carbocycles. The van der Waals surface area contributed by atoms with Crippen LogP contribution in [0.1, 0.15) is 35.7 Å². The fourth-order valence-electron chi connectivity index (χ4n) is 1.18. The van der Waals surface area contributed by atoms with Crippen LogP contribution in [-0.4, -0.2) is 4.69 Å². The summed E-state index contributed by atoms with van der Waals surface area (Å²) >= 11 is 2.92. The molecule has 0 atom stereocenters. The number of unbranched alkanes of at least 4 members (excludes halogenated alkanes) is 1. The lowest BCUT2D eigenvalue weighted by Crippen LogP contribution is -1.89. The molecule has 0 fully saturated rings. The highest BCUT2D eigenvalue weighted by Gasteiger charge is 1.99. The molecule has 0 aromatic heterocycles. The Balaban J connectivity index is 2.64. The van der Waals surface area contributed by atoms with Gasteiger partial charge in [-0.2, -0.15) is 0 Å². The second-order valence-electron chi connectivity index (χ2n) is 3.07. The van der Waals surface area contributed by atoms with Gasteiger partial charge in [-0.25, -0.2) is 0 Å². The first-order valence-electron chi connectivity index (χ1n) is 4.53. The molecule has 0 bridgehead atoms. The van der Waals surface area contributed by atoms with Crippen molar-refractivity contribution in [1.29, 1.82) is 0 Å². The largest absolute Gasteiger partial charge is 0.281 e. The van der Waals surface area contributed by atoms with Crippen LogP contribution < -0.4 is 0 Å². The Labute approximate surface area is 87.3 Å². The van der Waals surface area contributed by atoms with Crippen molar-refractivity contribution in [2.45, 2.75) is 26.2 Å². The molecule has 2 heteroatoms. The van der Waals surface area contributed by atoms with Crippen LogP contribution in [0.15, 0.2) is 24.3 Å². The maximum Gasteiger partial charge on any atom is 0.228 e. The quantitative estimate of drug-likeness (QED) is 0.736. The van der Waals surface area contributed by atoms with Gasteiger partial charge in [-0.05, 0) is 34.3 Å². The number of carbonyl (C=O) groups excluding carboxylic acids is 1. The number of hydrogen-bond donors (Lipinski definition) is 0. The SMILES string of the molecule is CCCCc1ccc(C(=O)Br)cc1. The molecule has 0 amide bonds. The van der Waals surface area contributed by atoms with Gasteiger partial charge in [0.15, 0.2) is 0 Å². The molecule has 0 saturated carbocycles. The van der Waals surface area contributed by atoms with Crippen molar-refractivity contribution in [1.82, 2.24) is 0 Å². The van der Waals surface area contributed by atoms with Crippen molar-refractivity contribution >= 4 is 20.6 Å². The second kappa shape index (κ2) is 5.18. The van der Waals surface area contributed by atoms with E-state index in [2.05, 4.69) is 22.9 Å². The third-order valence-corrected chi connectivity index (χ3v) is 2.46. The first-order chi connectivity index (χ1) is 6.24. The highest BCUT2D eigenvalue weighted by atomic mass is 79.9. The molecule has 1 nitrogen and oxygen atoms in total. The number of benzene rings is 1. The molecule has 13 heavy (non-hydrogen) atoms. The summed E-state index contributed by atoms with van der Waals surface area (Å²) < 4.78 is -0.0467. The lowest BCUT2D eigenvalue weighted by molar-refractivity contribution is 0.109. The van der Waals surface area contributed by atoms with Crippen molar-refractivity contribution in [2.24, 2.45) is 0 Å². The molecule has 1 rings (SSSR count). The van der Waals surface area contributed by atoms with Crippen molar-refractivity contribution in [2.75, 3.05) is 0 Å². The molecular formula is C11H13BrO. The van der Waals surface area contributed by atoms with Crippen LogP contribution in [-0.2, 0) is 6.42 Å². The zero-order valence-corrected chi connectivity index (χ0v) is 9.30. The first kappa shape index (κ1) is 10.5. The number of hydrogen-bond acceptors (Lipinski definition) is 1. The first-order valence-corrected chi connectivity index (χ1v) is 5.32. The molecule has 1 aromatic rings. The van der Waals surface area contributed by atoms with E-state index in [1.807, 2.05) is 24.3 Å².